The number of methoxy groups -OCH3 is 2. The van der Waals surface area contributed by atoms with Crippen LogP contribution in [0.15, 0.2) is 36.4 Å². The zero-order valence-electron chi connectivity index (χ0n) is 10.6. The Balaban J connectivity index is 2.45. The number of rotatable bonds is 4. The minimum atomic E-state index is -0.536. The summed E-state index contributed by atoms with van der Waals surface area (Å²) in [6, 6.07) is 9.55. The summed E-state index contributed by atoms with van der Waals surface area (Å²) >= 11 is 0. The fourth-order valence-corrected chi connectivity index (χ4v) is 1.63. The van der Waals surface area contributed by atoms with Crippen molar-refractivity contribution in [3.8, 4) is 23.0 Å². The van der Waals surface area contributed by atoms with Crippen molar-refractivity contribution in [1.82, 2.24) is 0 Å². The zero-order valence-corrected chi connectivity index (χ0v) is 10.6. The molecule has 0 aliphatic heterocycles. The molecule has 0 saturated heterocycles. The lowest BCUT2D eigenvalue weighted by Crippen LogP contribution is -1.98. The van der Waals surface area contributed by atoms with Crippen molar-refractivity contribution in [3.63, 3.8) is 0 Å². The van der Waals surface area contributed by atoms with Gasteiger partial charge in [-0.2, -0.15) is 0 Å². The molecule has 0 unspecified atom stereocenters. The van der Waals surface area contributed by atoms with Gasteiger partial charge in [0, 0.05) is 0 Å². The Morgan fingerprint density at radius 3 is 2.00 bits per heavy atom. The van der Waals surface area contributed by atoms with Crippen LogP contribution in [0.2, 0.25) is 0 Å². The second-order valence-electron chi connectivity index (χ2n) is 3.75. The highest BCUT2D eigenvalue weighted by Crippen LogP contribution is 2.41. The lowest BCUT2D eigenvalue weighted by molar-refractivity contribution is 0.346. The number of anilines is 1. The van der Waals surface area contributed by atoms with E-state index in [0.29, 0.717) is 17.2 Å². The quantitative estimate of drug-likeness (QED) is 0.860. The van der Waals surface area contributed by atoms with Gasteiger partial charge in [0.05, 0.1) is 14.2 Å². The third kappa shape index (κ3) is 2.54. The molecule has 0 saturated carbocycles. The number of halogens is 1. The first kappa shape index (κ1) is 13.0. The van der Waals surface area contributed by atoms with Crippen LogP contribution in [0.25, 0.3) is 0 Å². The van der Waals surface area contributed by atoms with Crippen LogP contribution in [-0.4, -0.2) is 14.2 Å². The molecule has 0 radical (unpaired) electrons. The van der Waals surface area contributed by atoms with Gasteiger partial charge in [0.2, 0.25) is 5.75 Å². The van der Waals surface area contributed by atoms with Gasteiger partial charge in [-0.15, -0.1) is 0 Å². The monoisotopic (exact) mass is 263 g/mol. The topological polar surface area (TPSA) is 53.7 Å². The average molecular weight is 263 g/mol. The lowest BCUT2D eigenvalue weighted by atomic mass is 10.2. The van der Waals surface area contributed by atoms with Crippen LogP contribution in [0.1, 0.15) is 0 Å². The summed E-state index contributed by atoms with van der Waals surface area (Å²) in [4.78, 5) is 0. The molecular weight excluding hydrogens is 249 g/mol. The minimum Gasteiger partial charge on any atom is -0.493 e. The van der Waals surface area contributed by atoms with E-state index in [9.17, 15) is 4.39 Å². The van der Waals surface area contributed by atoms with Crippen molar-refractivity contribution in [2.45, 2.75) is 0 Å². The molecule has 19 heavy (non-hydrogen) atoms. The Morgan fingerprint density at radius 2 is 1.42 bits per heavy atom. The molecule has 2 rings (SSSR count). The summed E-state index contributed by atoms with van der Waals surface area (Å²) in [7, 11) is 3.02. The van der Waals surface area contributed by atoms with E-state index in [1.807, 2.05) is 0 Å². The molecule has 0 bridgehead atoms. The smallest absolute Gasteiger partial charge is 0.211 e. The summed E-state index contributed by atoms with van der Waals surface area (Å²) in [6.07, 6.45) is 0. The van der Waals surface area contributed by atoms with E-state index >= 15 is 0 Å². The van der Waals surface area contributed by atoms with Gasteiger partial charge in [0.15, 0.2) is 17.2 Å². The van der Waals surface area contributed by atoms with Crippen LogP contribution < -0.4 is 19.9 Å². The predicted octanol–water partition coefficient (Wildman–Crippen LogP) is 3.22. The van der Waals surface area contributed by atoms with Gasteiger partial charge in [0.25, 0.3) is 0 Å². The van der Waals surface area contributed by atoms with E-state index < -0.39 is 5.82 Å². The summed E-state index contributed by atoms with van der Waals surface area (Å²) < 4.78 is 29.4. The van der Waals surface area contributed by atoms with Gasteiger partial charge >= 0.3 is 0 Å². The van der Waals surface area contributed by atoms with E-state index in [1.54, 1.807) is 24.3 Å². The van der Waals surface area contributed by atoms with Gasteiger partial charge in [-0.1, -0.05) is 12.1 Å². The Hall–Kier alpha value is -2.43. The van der Waals surface area contributed by atoms with Crippen LogP contribution in [0.4, 0.5) is 10.1 Å². The van der Waals surface area contributed by atoms with Crippen molar-refractivity contribution < 1.29 is 18.6 Å². The predicted molar refractivity (Wildman–Crippen MR) is 70.4 cm³/mol. The van der Waals surface area contributed by atoms with E-state index in [4.69, 9.17) is 19.9 Å². The van der Waals surface area contributed by atoms with Crippen LogP contribution >= 0.6 is 0 Å². The molecule has 100 valence electrons. The molecular formula is C14H14FNO3. The molecule has 0 fully saturated rings. The van der Waals surface area contributed by atoms with Crippen molar-refractivity contribution in [2.24, 2.45) is 0 Å². The molecule has 0 spiro atoms. The normalized spacial score (nSPS) is 10.1. The van der Waals surface area contributed by atoms with Gasteiger partial charge in [-0.05, 0) is 24.3 Å². The number of hydrogen-bond donors (Lipinski definition) is 1. The summed E-state index contributed by atoms with van der Waals surface area (Å²) in [5.74, 6) is 0.977. The number of ether oxygens (including phenoxy) is 3. The van der Waals surface area contributed by atoms with E-state index in [1.165, 1.54) is 26.4 Å². The first-order valence-electron chi connectivity index (χ1n) is 5.60. The van der Waals surface area contributed by atoms with E-state index in [2.05, 4.69) is 0 Å². The fourth-order valence-electron chi connectivity index (χ4n) is 1.63. The number of nitrogens with two attached hydrogens (primary N) is 1. The van der Waals surface area contributed by atoms with Crippen molar-refractivity contribution >= 4 is 5.69 Å². The standard InChI is InChI=1S/C14H14FNO3/c1-17-11-7-4-8-12(18-2)14(11)19-10-6-3-5-9(15)13(10)16/h3-8H,16H2,1-2H3. The third-order valence-corrected chi connectivity index (χ3v) is 2.61. The number of hydrogen-bond acceptors (Lipinski definition) is 4. The Kier molecular flexibility index (Phi) is 3.75. The number of nitrogen functional groups attached to an aromatic ring is 1. The van der Waals surface area contributed by atoms with E-state index in [0.717, 1.165) is 0 Å². The summed E-state index contributed by atoms with van der Waals surface area (Å²) in [5, 5.41) is 0. The molecule has 2 aromatic carbocycles. The van der Waals surface area contributed by atoms with Crippen LogP contribution in [0.3, 0.4) is 0 Å². The SMILES string of the molecule is COc1cccc(OC)c1Oc1cccc(F)c1N. The van der Waals surface area contributed by atoms with Crippen molar-refractivity contribution in [1.29, 1.82) is 0 Å². The molecule has 2 N–H and O–H groups in total. The van der Waals surface area contributed by atoms with Crippen LogP contribution in [-0.2, 0) is 0 Å². The molecule has 2 aromatic rings. The third-order valence-electron chi connectivity index (χ3n) is 2.61. The van der Waals surface area contributed by atoms with Crippen LogP contribution in [0, 0.1) is 5.82 Å². The molecule has 4 nitrogen and oxygen atoms in total. The Labute approximate surface area is 110 Å². The highest BCUT2D eigenvalue weighted by atomic mass is 19.1. The Morgan fingerprint density at radius 1 is 0.895 bits per heavy atom. The molecule has 0 aliphatic carbocycles. The van der Waals surface area contributed by atoms with Gasteiger partial charge < -0.3 is 19.9 Å². The first-order chi connectivity index (χ1) is 9.17. The van der Waals surface area contributed by atoms with Crippen LogP contribution in [0.5, 0.6) is 23.0 Å². The van der Waals surface area contributed by atoms with Crippen molar-refractivity contribution in [3.05, 3.63) is 42.2 Å². The maximum absolute atomic E-state index is 13.4. The lowest BCUT2D eigenvalue weighted by Gasteiger charge is -2.15. The summed E-state index contributed by atoms with van der Waals surface area (Å²) in [5.41, 5.74) is 5.57. The fraction of sp³-hybridized carbons (Fsp3) is 0.143. The second-order valence-corrected chi connectivity index (χ2v) is 3.75. The molecule has 0 aromatic heterocycles. The maximum Gasteiger partial charge on any atom is 0.211 e. The van der Waals surface area contributed by atoms with E-state index in [-0.39, 0.29) is 11.4 Å². The largest absolute Gasteiger partial charge is 0.493 e. The van der Waals surface area contributed by atoms with Gasteiger partial charge in [-0.25, -0.2) is 4.39 Å². The first-order valence-corrected chi connectivity index (χ1v) is 5.60. The zero-order chi connectivity index (χ0) is 13.8. The molecule has 0 atom stereocenters. The minimum absolute atomic E-state index is 0.0598. The molecule has 0 amide bonds. The summed E-state index contributed by atoms with van der Waals surface area (Å²) in [6.45, 7) is 0. The highest BCUT2D eigenvalue weighted by molar-refractivity contribution is 5.59. The average Bonchev–Trinajstić information content (AvgIpc) is 2.44. The van der Waals surface area contributed by atoms with Crippen molar-refractivity contribution in [2.75, 3.05) is 20.0 Å². The molecule has 5 heteroatoms. The molecule has 0 aliphatic rings. The molecule has 0 heterocycles. The Bertz CT molecular complexity index is 565. The maximum atomic E-state index is 13.4. The van der Waals surface area contributed by atoms with Gasteiger partial charge in [0.1, 0.15) is 11.5 Å². The highest BCUT2D eigenvalue weighted by Gasteiger charge is 2.14. The second kappa shape index (κ2) is 5.48. The number of benzene rings is 2. The van der Waals surface area contributed by atoms with Gasteiger partial charge in [-0.3, -0.25) is 0 Å². The number of para-hydroxylation sites is 2.